The molecule has 6 nitrogen and oxygen atoms in total. The van der Waals surface area contributed by atoms with E-state index in [-0.39, 0.29) is 64.9 Å². The Morgan fingerprint density at radius 1 is 0.968 bits per heavy atom. The summed E-state index contributed by atoms with van der Waals surface area (Å²) in [6.45, 7) is 9.00. The molecule has 0 heterocycles. The molecular weight excluding hydrogens is 396 g/mol. The smallest absolute Gasteiger partial charge is 0.302 e. The van der Waals surface area contributed by atoms with Gasteiger partial charge in [-0.15, -0.1) is 0 Å². The molecule has 3 aliphatic carbocycles. The van der Waals surface area contributed by atoms with E-state index >= 15 is 0 Å². The van der Waals surface area contributed by atoms with Gasteiger partial charge in [-0.05, 0) is 75.5 Å². The molecule has 3 rings (SSSR count). The Morgan fingerprint density at radius 3 is 2.29 bits per heavy atom. The van der Waals surface area contributed by atoms with Gasteiger partial charge in [-0.2, -0.15) is 0 Å². The molecule has 31 heavy (non-hydrogen) atoms. The molecule has 3 fully saturated rings. The predicted octanol–water partition coefficient (Wildman–Crippen LogP) is 4.28. The maximum absolute atomic E-state index is 13.9. The van der Waals surface area contributed by atoms with Crippen LogP contribution in [0, 0.1) is 34.5 Å². The summed E-state index contributed by atoms with van der Waals surface area (Å²) in [6.07, 6.45) is 6.22. The van der Waals surface area contributed by atoms with Crippen molar-refractivity contribution in [3.05, 3.63) is 0 Å². The van der Waals surface area contributed by atoms with Crippen LogP contribution >= 0.6 is 0 Å². The molecule has 0 unspecified atom stereocenters. The summed E-state index contributed by atoms with van der Waals surface area (Å²) in [6, 6.07) is 0. The van der Waals surface area contributed by atoms with Crippen LogP contribution in [-0.4, -0.2) is 36.2 Å². The standard InChI is InChI=1S/C25H38O6/c1-15(26)21-8-9-22(25(21,5)12-13-30-16(2)27)20-7-6-18-14-19(31-17(3)28)10-11-24(18,4)23(20)29/h18-22H,6-14H2,1-5H3/t18-,19-,20-,21+,22-,24-,25+/m0/s1. The zero-order chi connectivity index (χ0) is 23.0. The first kappa shape index (κ1) is 23.9. The Balaban J connectivity index is 1.78. The molecule has 6 heteroatoms. The number of hydrogen-bond acceptors (Lipinski definition) is 6. The van der Waals surface area contributed by atoms with Crippen molar-refractivity contribution >= 4 is 23.5 Å². The second-order valence-electron chi connectivity index (χ2n) is 10.6. The number of hydrogen-bond donors (Lipinski definition) is 0. The second-order valence-corrected chi connectivity index (χ2v) is 10.6. The molecule has 0 aromatic heterocycles. The molecule has 0 radical (unpaired) electrons. The van der Waals surface area contributed by atoms with E-state index in [1.165, 1.54) is 13.8 Å². The minimum atomic E-state index is -0.384. The summed E-state index contributed by atoms with van der Waals surface area (Å²) in [7, 11) is 0. The van der Waals surface area contributed by atoms with E-state index < -0.39 is 0 Å². The van der Waals surface area contributed by atoms with Crippen LogP contribution in [0.2, 0.25) is 0 Å². The molecule has 3 aliphatic rings. The van der Waals surface area contributed by atoms with Crippen molar-refractivity contribution in [2.75, 3.05) is 6.61 Å². The monoisotopic (exact) mass is 434 g/mol. The molecule has 0 bridgehead atoms. The van der Waals surface area contributed by atoms with Crippen molar-refractivity contribution in [3.8, 4) is 0 Å². The van der Waals surface area contributed by atoms with Gasteiger partial charge in [-0.1, -0.05) is 13.8 Å². The first-order valence-corrected chi connectivity index (χ1v) is 11.8. The van der Waals surface area contributed by atoms with Crippen molar-refractivity contribution in [1.29, 1.82) is 0 Å². The highest BCUT2D eigenvalue weighted by Gasteiger charge is 2.58. The number of fused-ring (bicyclic) bond motifs is 1. The largest absolute Gasteiger partial charge is 0.466 e. The van der Waals surface area contributed by atoms with Gasteiger partial charge in [0.2, 0.25) is 0 Å². The third-order valence-electron chi connectivity index (χ3n) is 8.82. The van der Waals surface area contributed by atoms with E-state index in [1.807, 2.05) is 0 Å². The van der Waals surface area contributed by atoms with E-state index in [0.717, 1.165) is 44.9 Å². The summed E-state index contributed by atoms with van der Waals surface area (Å²) < 4.78 is 10.7. The summed E-state index contributed by atoms with van der Waals surface area (Å²) in [5, 5.41) is 0. The molecule has 0 N–H and O–H groups in total. The summed E-state index contributed by atoms with van der Waals surface area (Å²) in [5.41, 5.74) is -0.718. The highest BCUT2D eigenvalue weighted by atomic mass is 16.5. The lowest BCUT2D eigenvalue weighted by Crippen LogP contribution is -2.52. The zero-order valence-corrected chi connectivity index (χ0v) is 19.7. The lowest BCUT2D eigenvalue weighted by molar-refractivity contribution is -0.159. The number of rotatable bonds is 6. The van der Waals surface area contributed by atoms with Crippen LogP contribution in [0.25, 0.3) is 0 Å². The van der Waals surface area contributed by atoms with Gasteiger partial charge in [0.05, 0.1) is 6.61 Å². The van der Waals surface area contributed by atoms with E-state index in [0.29, 0.717) is 12.2 Å². The normalized spacial score (nSPS) is 40.2. The number of carbonyl (C=O) groups is 4. The van der Waals surface area contributed by atoms with Crippen molar-refractivity contribution < 1.29 is 28.7 Å². The SMILES string of the molecule is CC(=O)OCC[C@]1(C)[C@@H](C(C)=O)CC[C@H]1[C@@H]1CC[C@H]2C[C@@H](OC(C)=O)CC[C@]2(C)C1=O. The van der Waals surface area contributed by atoms with Gasteiger partial charge in [0.25, 0.3) is 0 Å². The van der Waals surface area contributed by atoms with Crippen LogP contribution in [0.15, 0.2) is 0 Å². The maximum Gasteiger partial charge on any atom is 0.302 e. The molecular formula is C25H38O6. The second kappa shape index (κ2) is 9.03. The minimum Gasteiger partial charge on any atom is -0.466 e. The van der Waals surface area contributed by atoms with Crippen LogP contribution in [0.4, 0.5) is 0 Å². The predicted molar refractivity (Wildman–Crippen MR) is 115 cm³/mol. The van der Waals surface area contributed by atoms with Gasteiger partial charge in [0.1, 0.15) is 17.7 Å². The fourth-order valence-electron chi connectivity index (χ4n) is 7.15. The zero-order valence-electron chi connectivity index (χ0n) is 19.7. The molecule has 7 atom stereocenters. The van der Waals surface area contributed by atoms with E-state index in [1.54, 1.807) is 6.92 Å². The molecule has 0 aliphatic heterocycles. The highest BCUT2D eigenvalue weighted by Crippen LogP contribution is 2.59. The maximum atomic E-state index is 13.9. The van der Waals surface area contributed by atoms with Crippen LogP contribution in [-0.2, 0) is 28.7 Å². The summed E-state index contributed by atoms with van der Waals surface area (Å²) >= 11 is 0. The Labute approximate surface area is 185 Å². The molecule has 0 aromatic carbocycles. The van der Waals surface area contributed by atoms with Crippen molar-refractivity contribution in [1.82, 2.24) is 0 Å². The van der Waals surface area contributed by atoms with E-state index in [9.17, 15) is 19.2 Å². The minimum absolute atomic E-state index is 0.0572. The molecule has 0 aromatic rings. The summed E-state index contributed by atoms with van der Waals surface area (Å²) in [4.78, 5) is 49.0. The Bertz CT molecular complexity index is 744. The summed E-state index contributed by atoms with van der Waals surface area (Å²) in [5.74, 6) is 0.161. The number of esters is 2. The fourth-order valence-corrected chi connectivity index (χ4v) is 7.15. The lowest BCUT2D eigenvalue weighted by atomic mass is 9.52. The van der Waals surface area contributed by atoms with E-state index in [4.69, 9.17) is 9.47 Å². The van der Waals surface area contributed by atoms with Gasteiger partial charge < -0.3 is 9.47 Å². The Hall–Kier alpha value is -1.72. The van der Waals surface area contributed by atoms with Crippen LogP contribution in [0.5, 0.6) is 0 Å². The van der Waals surface area contributed by atoms with Crippen molar-refractivity contribution in [3.63, 3.8) is 0 Å². The number of ether oxygens (including phenoxy) is 2. The first-order valence-electron chi connectivity index (χ1n) is 11.8. The molecule has 0 saturated heterocycles. The molecule has 0 amide bonds. The quantitative estimate of drug-likeness (QED) is 0.580. The third kappa shape index (κ3) is 4.58. The molecule has 0 spiro atoms. The highest BCUT2D eigenvalue weighted by molar-refractivity contribution is 5.88. The van der Waals surface area contributed by atoms with E-state index in [2.05, 4.69) is 13.8 Å². The topological polar surface area (TPSA) is 86.7 Å². The Morgan fingerprint density at radius 2 is 1.68 bits per heavy atom. The van der Waals surface area contributed by atoms with Crippen LogP contribution < -0.4 is 0 Å². The third-order valence-corrected chi connectivity index (χ3v) is 8.82. The molecule has 3 saturated carbocycles. The average Bonchev–Trinajstić information content (AvgIpc) is 3.00. The van der Waals surface area contributed by atoms with Gasteiger partial charge >= 0.3 is 11.9 Å². The Kier molecular flexibility index (Phi) is 6.97. The molecule has 174 valence electrons. The number of carbonyl (C=O) groups excluding carboxylic acids is 4. The van der Waals surface area contributed by atoms with Crippen LogP contribution in [0.1, 0.15) is 86.0 Å². The van der Waals surface area contributed by atoms with Crippen molar-refractivity contribution in [2.45, 2.75) is 92.1 Å². The van der Waals surface area contributed by atoms with Gasteiger partial charge in [-0.25, -0.2) is 0 Å². The van der Waals surface area contributed by atoms with Crippen LogP contribution in [0.3, 0.4) is 0 Å². The van der Waals surface area contributed by atoms with Gasteiger partial charge in [-0.3, -0.25) is 19.2 Å². The van der Waals surface area contributed by atoms with Crippen molar-refractivity contribution in [2.24, 2.45) is 34.5 Å². The van der Waals surface area contributed by atoms with Gasteiger partial charge in [0, 0.05) is 31.1 Å². The number of ketones is 2. The average molecular weight is 435 g/mol. The number of Topliss-reactive ketones (excluding diaryl/α,β-unsaturated/α-hetero) is 2. The fraction of sp³-hybridized carbons (Fsp3) is 0.840. The lowest BCUT2D eigenvalue weighted by Gasteiger charge is -2.51. The first-order chi connectivity index (χ1) is 14.5. The van der Waals surface area contributed by atoms with Gasteiger partial charge in [0.15, 0.2) is 0 Å².